The average molecular weight is 402 g/mol. The predicted octanol–water partition coefficient (Wildman–Crippen LogP) is 2.58. The van der Waals surface area contributed by atoms with Gasteiger partial charge in [0.25, 0.3) is 5.91 Å². The number of hydrogen-bond donors (Lipinski definition) is 1. The number of halogens is 1. The molecule has 3 aromatic rings. The molecule has 1 N–H and O–H groups in total. The fourth-order valence-corrected chi connectivity index (χ4v) is 2.65. The lowest BCUT2D eigenvalue weighted by Crippen LogP contribution is -2.24. The van der Waals surface area contributed by atoms with E-state index in [1.54, 1.807) is 37.0 Å². The Hall–Kier alpha value is -2.97. The normalized spacial score (nSPS) is 10.7. The molecule has 8 nitrogen and oxygen atoms in total. The maximum absolute atomic E-state index is 12.4. The van der Waals surface area contributed by atoms with Crippen LogP contribution in [0.4, 0.5) is 0 Å². The molecule has 28 heavy (non-hydrogen) atoms. The van der Waals surface area contributed by atoms with Crippen molar-refractivity contribution in [2.24, 2.45) is 0 Å². The fourth-order valence-electron chi connectivity index (χ4n) is 2.43. The van der Waals surface area contributed by atoms with E-state index in [1.807, 2.05) is 24.3 Å². The van der Waals surface area contributed by atoms with Gasteiger partial charge in [-0.2, -0.15) is 0 Å². The Morgan fingerprint density at radius 1 is 1.21 bits per heavy atom. The lowest BCUT2D eigenvalue weighted by atomic mass is 10.3. The van der Waals surface area contributed by atoms with Gasteiger partial charge in [0.05, 0.1) is 17.3 Å². The van der Waals surface area contributed by atoms with Crippen molar-refractivity contribution in [3.8, 4) is 11.6 Å². The Bertz CT molecular complexity index is 943. The van der Waals surface area contributed by atoms with E-state index in [1.165, 1.54) is 0 Å². The Morgan fingerprint density at radius 2 is 2.04 bits per heavy atom. The molecule has 0 spiro atoms. The van der Waals surface area contributed by atoms with E-state index >= 15 is 0 Å². The summed E-state index contributed by atoms with van der Waals surface area (Å²) in [6, 6.07) is 10.8. The second-order valence-corrected chi connectivity index (χ2v) is 6.28. The zero-order chi connectivity index (χ0) is 19.9. The highest BCUT2D eigenvalue weighted by Gasteiger charge is 2.16. The van der Waals surface area contributed by atoms with Gasteiger partial charge in [-0.25, -0.2) is 14.6 Å². The Labute approximate surface area is 167 Å². The van der Waals surface area contributed by atoms with Crippen molar-refractivity contribution < 1.29 is 14.3 Å². The van der Waals surface area contributed by atoms with E-state index in [-0.39, 0.29) is 11.7 Å². The largest absolute Gasteiger partial charge is 0.475 e. The molecule has 0 aliphatic heterocycles. The van der Waals surface area contributed by atoms with Crippen molar-refractivity contribution in [3.05, 3.63) is 64.8 Å². The molecule has 0 unspecified atom stereocenters. The summed E-state index contributed by atoms with van der Waals surface area (Å²) < 4.78 is 11.9. The molecule has 0 radical (unpaired) electrons. The average Bonchev–Trinajstić information content (AvgIpc) is 3.09. The van der Waals surface area contributed by atoms with Crippen LogP contribution in [-0.4, -0.2) is 46.0 Å². The quantitative estimate of drug-likeness (QED) is 0.583. The molecular weight excluding hydrogens is 382 g/mol. The molecule has 0 aliphatic carbocycles. The third kappa shape index (κ3) is 4.85. The minimum absolute atomic E-state index is 0.0740. The summed E-state index contributed by atoms with van der Waals surface area (Å²) in [5.74, 6) is 0.764. The van der Waals surface area contributed by atoms with Crippen LogP contribution in [0.2, 0.25) is 5.02 Å². The van der Waals surface area contributed by atoms with Crippen molar-refractivity contribution in [1.82, 2.24) is 25.1 Å². The molecule has 2 aromatic heterocycles. The van der Waals surface area contributed by atoms with Gasteiger partial charge in [0.15, 0.2) is 0 Å². The van der Waals surface area contributed by atoms with Crippen LogP contribution in [0.3, 0.4) is 0 Å². The lowest BCUT2D eigenvalue weighted by molar-refractivity contribution is 0.0940. The molecular formula is C19H20ClN5O3. The Kier molecular flexibility index (Phi) is 6.57. The maximum atomic E-state index is 12.4. The third-order valence-electron chi connectivity index (χ3n) is 3.84. The zero-order valence-electron chi connectivity index (χ0n) is 15.6. The molecule has 146 valence electrons. The number of para-hydroxylation sites is 1. The summed E-state index contributed by atoms with van der Waals surface area (Å²) in [4.78, 5) is 20.8. The van der Waals surface area contributed by atoms with Gasteiger partial charge in [0, 0.05) is 25.9 Å². The molecule has 0 fully saturated rings. The van der Waals surface area contributed by atoms with Gasteiger partial charge < -0.3 is 14.8 Å². The number of nitrogens with one attached hydrogen (secondary N) is 1. The summed E-state index contributed by atoms with van der Waals surface area (Å²) in [6.45, 7) is 2.98. The minimum Gasteiger partial charge on any atom is -0.475 e. The summed E-state index contributed by atoms with van der Waals surface area (Å²) in [5, 5.41) is 7.58. The van der Waals surface area contributed by atoms with E-state index in [2.05, 4.69) is 20.4 Å². The van der Waals surface area contributed by atoms with Crippen molar-refractivity contribution in [2.75, 3.05) is 20.3 Å². The van der Waals surface area contributed by atoms with Crippen LogP contribution >= 0.6 is 11.6 Å². The van der Waals surface area contributed by atoms with E-state index in [9.17, 15) is 4.79 Å². The first kappa shape index (κ1) is 19.8. The van der Waals surface area contributed by atoms with Crippen LogP contribution in [0.1, 0.15) is 22.0 Å². The first-order valence-corrected chi connectivity index (χ1v) is 8.99. The number of benzene rings is 1. The van der Waals surface area contributed by atoms with Crippen LogP contribution in [0.15, 0.2) is 42.6 Å². The molecule has 0 saturated heterocycles. The number of rotatable bonds is 8. The van der Waals surface area contributed by atoms with Gasteiger partial charge in [-0.1, -0.05) is 29.8 Å². The molecule has 0 atom stereocenters. The number of amides is 1. The summed E-state index contributed by atoms with van der Waals surface area (Å²) in [7, 11) is 1.61. The minimum atomic E-state index is -0.380. The number of nitrogens with zero attached hydrogens (tertiary/aromatic N) is 4. The first-order valence-electron chi connectivity index (χ1n) is 8.62. The highest BCUT2D eigenvalue weighted by molar-refractivity contribution is 6.32. The molecule has 0 saturated carbocycles. The molecule has 3 rings (SSSR count). The first-order chi connectivity index (χ1) is 13.6. The second-order valence-electron chi connectivity index (χ2n) is 5.87. The van der Waals surface area contributed by atoms with Crippen LogP contribution < -0.4 is 10.1 Å². The number of pyridine rings is 1. The number of aromatic nitrogens is 4. The van der Waals surface area contributed by atoms with E-state index in [0.717, 1.165) is 5.56 Å². The number of aryl methyl sites for hydroxylation is 1. The van der Waals surface area contributed by atoms with Crippen molar-refractivity contribution in [1.29, 1.82) is 0 Å². The molecule has 2 heterocycles. The molecule has 1 aromatic carbocycles. The number of hydrogen-bond acceptors (Lipinski definition) is 6. The molecule has 0 bridgehead atoms. The second kappa shape index (κ2) is 9.29. The van der Waals surface area contributed by atoms with Crippen molar-refractivity contribution in [2.45, 2.75) is 13.5 Å². The summed E-state index contributed by atoms with van der Waals surface area (Å²) in [5.41, 5.74) is 1.50. The molecule has 9 heteroatoms. The SMILES string of the molecule is COCCOc1ccc(CNC(=O)c2nc(C)n(-c3ccccc3Cl)n2)cn1. The standard InChI is InChI=1S/C19H20ClN5O3/c1-13-23-18(24-25(13)16-6-4-3-5-15(16)20)19(26)22-12-14-7-8-17(21-11-14)28-10-9-27-2/h3-8,11H,9-10,12H2,1-2H3,(H,22,26). The predicted molar refractivity (Wildman–Crippen MR) is 104 cm³/mol. The highest BCUT2D eigenvalue weighted by atomic mass is 35.5. The van der Waals surface area contributed by atoms with Gasteiger partial charge in [-0.05, 0) is 24.6 Å². The molecule has 1 amide bonds. The van der Waals surface area contributed by atoms with E-state index in [4.69, 9.17) is 21.1 Å². The summed E-state index contributed by atoms with van der Waals surface area (Å²) in [6.07, 6.45) is 1.64. The Balaban J connectivity index is 1.61. The van der Waals surface area contributed by atoms with Crippen molar-refractivity contribution >= 4 is 17.5 Å². The number of carbonyl (C=O) groups is 1. The third-order valence-corrected chi connectivity index (χ3v) is 4.16. The lowest BCUT2D eigenvalue weighted by Gasteiger charge is -2.06. The van der Waals surface area contributed by atoms with E-state index in [0.29, 0.717) is 42.2 Å². The molecule has 0 aliphatic rings. The zero-order valence-corrected chi connectivity index (χ0v) is 16.3. The van der Waals surface area contributed by atoms with Gasteiger partial charge in [0.2, 0.25) is 11.7 Å². The monoisotopic (exact) mass is 401 g/mol. The number of ether oxygens (including phenoxy) is 2. The van der Waals surface area contributed by atoms with E-state index < -0.39 is 0 Å². The van der Waals surface area contributed by atoms with Crippen LogP contribution in [0, 0.1) is 6.92 Å². The smallest absolute Gasteiger partial charge is 0.291 e. The van der Waals surface area contributed by atoms with Gasteiger partial charge in [-0.3, -0.25) is 4.79 Å². The van der Waals surface area contributed by atoms with Gasteiger partial charge in [0.1, 0.15) is 12.4 Å². The van der Waals surface area contributed by atoms with Crippen LogP contribution in [0.5, 0.6) is 5.88 Å². The number of methoxy groups -OCH3 is 1. The number of carbonyl (C=O) groups excluding carboxylic acids is 1. The van der Waals surface area contributed by atoms with Gasteiger partial charge in [-0.15, -0.1) is 5.10 Å². The van der Waals surface area contributed by atoms with Gasteiger partial charge >= 0.3 is 0 Å². The topological polar surface area (TPSA) is 91.2 Å². The summed E-state index contributed by atoms with van der Waals surface area (Å²) >= 11 is 6.20. The highest BCUT2D eigenvalue weighted by Crippen LogP contribution is 2.20. The van der Waals surface area contributed by atoms with Crippen LogP contribution in [-0.2, 0) is 11.3 Å². The van der Waals surface area contributed by atoms with Crippen LogP contribution in [0.25, 0.3) is 5.69 Å². The fraction of sp³-hybridized carbons (Fsp3) is 0.263. The Morgan fingerprint density at radius 3 is 2.75 bits per heavy atom. The van der Waals surface area contributed by atoms with Crippen molar-refractivity contribution in [3.63, 3.8) is 0 Å². The maximum Gasteiger partial charge on any atom is 0.291 e.